The summed E-state index contributed by atoms with van der Waals surface area (Å²) in [6.07, 6.45) is 4.44. The fourth-order valence-electron chi connectivity index (χ4n) is 1.82. The number of carboxylic acid groups (broad SMARTS) is 1. The average molecular weight is 261 g/mol. The molecule has 1 atom stereocenters. The number of amides is 1. The Labute approximate surface area is 110 Å². The summed E-state index contributed by atoms with van der Waals surface area (Å²) in [6, 6.07) is 4.55. The van der Waals surface area contributed by atoms with Crippen LogP contribution in [0.5, 0.6) is 0 Å². The average Bonchev–Trinajstić information content (AvgIpc) is 2.81. The van der Waals surface area contributed by atoms with Crippen LogP contribution in [0.3, 0.4) is 0 Å². The fraction of sp³-hybridized carbons (Fsp3) is 0.308. The molecule has 6 nitrogen and oxygen atoms in total. The van der Waals surface area contributed by atoms with Gasteiger partial charge in [-0.3, -0.25) is 4.79 Å². The molecule has 2 heterocycles. The Bertz CT molecular complexity index is 573. The Hall–Kier alpha value is -2.37. The molecule has 6 heteroatoms. The molecule has 0 aliphatic carbocycles. The molecule has 2 aromatic heterocycles. The molecule has 0 bridgehead atoms. The smallest absolute Gasteiger partial charge is 0.326 e. The van der Waals surface area contributed by atoms with E-state index < -0.39 is 17.9 Å². The maximum absolute atomic E-state index is 12.0. The summed E-state index contributed by atoms with van der Waals surface area (Å²) in [5.41, 5.74) is 0.864. The minimum absolute atomic E-state index is 0.216. The van der Waals surface area contributed by atoms with Gasteiger partial charge in [0.05, 0.1) is 0 Å². The van der Waals surface area contributed by atoms with Gasteiger partial charge in [0.25, 0.3) is 5.91 Å². The zero-order valence-electron chi connectivity index (χ0n) is 10.5. The van der Waals surface area contributed by atoms with Crippen molar-refractivity contribution in [3.05, 3.63) is 36.3 Å². The first-order valence-corrected chi connectivity index (χ1v) is 6.09. The van der Waals surface area contributed by atoms with Crippen molar-refractivity contribution in [3.8, 4) is 0 Å². The van der Waals surface area contributed by atoms with Crippen molar-refractivity contribution < 1.29 is 14.7 Å². The number of carbonyl (C=O) groups excluding carboxylic acids is 1. The highest BCUT2D eigenvalue weighted by Gasteiger charge is 2.20. The van der Waals surface area contributed by atoms with Crippen molar-refractivity contribution in [3.63, 3.8) is 0 Å². The second-order valence-electron chi connectivity index (χ2n) is 4.25. The van der Waals surface area contributed by atoms with Gasteiger partial charge >= 0.3 is 5.97 Å². The van der Waals surface area contributed by atoms with E-state index in [2.05, 4.69) is 10.3 Å². The Kier molecular flexibility index (Phi) is 3.79. The molecule has 0 radical (unpaired) electrons. The van der Waals surface area contributed by atoms with Gasteiger partial charge in [0.15, 0.2) is 0 Å². The predicted octanol–water partition coefficient (Wildman–Crippen LogP) is 1.32. The lowest BCUT2D eigenvalue weighted by atomic mass is 10.1. The lowest BCUT2D eigenvalue weighted by Crippen LogP contribution is -2.40. The first kappa shape index (κ1) is 13.1. The highest BCUT2D eigenvalue weighted by atomic mass is 16.4. The van der Waals surface area contributed by atoms with Crippen molar-refractivity contribution in [1.82, 2.24) is 14.7 Å². The molecular weight excluding hydrogens is 246 g/mol. The van der Waals surface area contributed by atoms with Crippen molar-refractivity contribution in [2.45, 2.75) is 25.8 Å². The van der Waals surface area contributed by atoms with Gasteiger partial charge in [0.2, 0.25) is 0 Å². The standard InChI is InChI=1S/C13H15N3O3/c1-2-5-9(13(18)19)15-12(17)10-8-16-7-4-3-6-11(16)14-10/h3-4,6-9H,2,5H2,1H3,(H,15,17)(H,18,19)/t9-/m1/s1. The van der Waals surface area contributed by atoms with E-state index in [4.69, 9.17) is 5.11 Å². The summed E-state index contributed by atoms with van der Waals surface area (Å²) in [6.45, 7) is 1.87. The Morgan fingerprint density at radius 2 is 2.26 bits per heavy atom. The Balaban J connectivity index is 2.16. The number of fused-ring (bicyclic) bond motifs is 1. The van der Waals surface area contributed by atoms with Crippen LogP contribution in [0.15, 0.2) is 30.6 Å². The van der Waals surface area contributed by atoms with Crippen LogP contribution in [0.25, 0.3) is 5.65 Å². The lowest BCUT2D eigenvalue weighted by molar-refractivity contribution is -0.139. The number of hydrogen-bond acceptors (Lipinski definition) is 3. The predicted molar refractivity (Wildman–Crippen MR) is 69.0 cm³/mol. The zero-order chi connectivity index (χ0) is 13.8. The number of carbonyl (C=O) groups is 2. The zero-order valence-corrected chi connectivity index (χ0v) is 10.5. The van der Waals surface area contributed by atoms with Gasteiger partial charge < -0.3 is 14.8 Å². The van der Waals surface area contributed by atoms with Crippen LogP contribution in [0.1, 0.15) is 30.3 Å². The van der Waals surface area contributed by atoms with E-state index in [-0.39, 0.29) is 5.69 Å². The highest BCUT2D eigenvalue weighted by molar-refractivity contribution is 5.95. The van der Waals surface area contributed by atoms with Gasteiger partial charge in [0.1, 0.15) is 17.4 Å². The van der Waals surface area contributed by atoms with E-state index in [1.807, 2.05) is 19.1 Å². The molecule has 0 saturated carbocycles. The van der Waals surface area contributed by atoms with E-state index in [1.54, 1.807) is 22.9 Å². The number of aliphatic carboxylic acids is 1. The largest absolute Gasteiger partial charge is 0.480 e. The summed E-state index contributed by atoms with van der Waals surface area (Å²) in [7, 11) is 0. The van der Waals surface area contributed by atoms with Gasteiger partial charge in [0, 0.05) is 12.4 Å². The molecule has 19 heavy (non-hydrogen) atoms. The van der Waals surface area contributed by atoms with Crippen LogP contribution in [0.2, 0.25) is 0 Å². The van der Waals surface area contributed by atoms with Crippen LogP contribution >= 0.6 is 0 Å². The molecule has 0 saturated heterocycles. The van der Waals surface area contributed by atoms with E-state index >= 15 is 0 Å². The van der Waals surface area contributed by atoms with E-state index in [0.29, 0.717) is 18.5 Å². The van der Waals surface area contributed by atoms with Crippen LogP contribution in [0, 0.1) is 0 Å². The second kappa shape index (κ2) is 5.51. The van der Waals surface area contributed by atoms with Crippen LogP contribution in [0.4, 0.5) is 0 Å². The summed E-state index contributed by atoms with van der Waals surface area (Å²) < 4.78 is 1.71. The quantitative estimate of drug-likeness (QED) is 0.850. The topological polar surface area (TPSA) is 83.7 Å². The molecule has 0 spiro atoms. The van der Waals surface area contributed by atoms with Crippen molar-refractivity contribution in [1.29, 1.82) is 0 Å². The first-order chi connectivity index (χ1) is 9.11. The molecule has 2 rings (SSSR count). The van der Waals surface area contributed by atoms with Gasteiger partial charge in [-0.25, -0.2) is 9.78 Å². The van der Waals surface area contributed by atoms with Crippen molar-refractivity contribution in [2.75, 3.05) is 0 Å². The lowest BCUT2D eigenvalue weighted by Gasteiger charge is -2.11. The number of carboxylic acids is 1. The van der Waals surface area contributed by atoms with Gasteiger partial charge in [-0.05, 0) is 18.6 Å². The van der Waals surface area contributed by atoms with Gasteiger partial charge in [-0.1, -0.05) is 19.4 Å². The molecule has 0 fully saturated rings. The molecule has 100 valence electrons. The summed E-state index contributed by atoms with van der Waals surface area (Å²) >= 11 is 0. The minimum Gasteiger partial charge on any atom is -0.480 e. The summed E-state index contributed by atoms with van der Waals surface area (Å²) in [4.78, 5) is 27.1. The third-order valence-electron chi connectivity index (χ3n) is 2.78. The second-order valence-corrected chi connectivity index (χ2v) is 4.25. The molecule has 0 aliphatic rings. The van der Waals surface area contributed by atoms with E-state index in [9.17, 15) is 9.59 Å². The minimum atomic E-state index is -1.03. The highest BCUT2D eigenvalue weighted by Crippen LogP contribution is 2.05. The normalized spacial score (nSPS) is 12.3. The number of pyridine rings is 1. The van der Waals surface area contributed by atoms with Crippen LogP contribution in [-0.2, 0) is 4.79 Å². The van der Waals surface area contributed by atoms with Crippen molar-refractivity contribution in [2.24, 2.45) is 0 Å². The number of nitrogens with one attached hydrogen (secondary N) is 1. The molecule has 2 N–H and O–H groups in total. The first-order valence-electron chi connectivity index (χ1n) is 6.09. The van der Waals surface area contributed by atoms with Gasteiger partial charge in [-0.2, -0.15) is 0 Å². The number of rotatable bonds is 5. The van der Waals surface area contributed by atoms with E-state index in [0.717, 1.165) is 0 Å². The molecule has 0 aliphatic heterocycles. The third kappa shape index (κ3) is 2.90. The SMILES string of the molecule is CCC[C@@H](NC(=O)c1cn2ccccc2n1)C(=O)O. The molecular formula is C13H15N3O3. The van der Waals surface area contributed by atoms with Gasteiger partial charge in [-0.15, -0.1) is 0 Å². The van der Waals surface area contributed by atoms with Crippen molar-refractivity contribution >= 4 is 17.5 Å². The molecule has 0 aromatic carbocycles. The molecule has 2 aromatic rings. The summed E-state index contributed by atoms with van der Waals surface area (Å²) in [5.74, 6) is -1.50. The monoisotopic (exact) mass is 261 g/mol. The Morgan fingerprint density at radius 1 is 1.47 bits per heavy atom. The van der Waals surface area contributed by atoms with E-state index in [1.165, 1.54) is 0 Å². The van der Waals surface area contributed by atoms with Crippen LogP contribution < -0.4 is 5.32 Å². The molecule has 0 unspecified atom stereocenters. The molecule has 1 amide bonds. The third-order valence-corrected chi connectivity index (χ3v) is 2.78. The maximum atomic E-state index is 12.0. The maximum Gasteiger partial charge on any atom is 0.326 e. The number of imidazole rings is 1. The fourth-order valence-corrected chi connectivity index (χ4v) is 1.82. The number of nitrogens with zero attached hydrogens (tertiary/aromatic N) is 2. The number of hydrogen-bond donors (Lipinski definition) is 2. The van der Waals surface area contributed by atoms with Crippen LogP contribution in [-0.4, -0.2) is 32.4 Å². The number of aromatic nitrogens is 2. The summed E-state index contributed by atoms with van der Waals surface area (Å²) in [5, 5.41) is 11.5. The Morgan fingerprint density at radius 3 is 2.89 bits per heavy atom.